The van der Waals surface area contributed by atoms with E-state index < -0.39 is 5.97 Å². The number of carboxylic acids is 1. The molecule has 0 aromatic rings. The highest BCUT2D eigenvalue weighted by Gasteiger charge is 2.32. The molecule has 0 bridgehead atoms. The minimum atomic E-state index is -0.772. The Morgan fingerprint density at radius 1 is 1.32 bits per heavy atom. The standard InChI is InChI=1S/C14H26N2O3/c1-10(2)9-16(12-6-7-12)14(19)15-8-4-5-11(3)13(17)18/h10-12H,4-9H2,1-3H3,(H,15,19)(H,17,18). The van der Waals surface area contributed by atoms with Crippen molar-refractivity contribution in [2.24, 2.45) is 11.8 Å². The molecular weight excluding hydrogens is 244 g/mol. The average Bonchev–Trinajstić information content (AvgIpc) is 3.14. The van der Waals surface area contributed by atoms with Crippen molar-refractivity contribution in [1.82, 2.24) is 10.2 Å². The number of urea groups is 1. The fraction of sp³-hybridized carbons (Fsp3) is 0.857. The van der Waals surface area contributed by atoms with Gasteiger partial charge in [0.1, 0.15) is 0 Å². The van der Waals surface area contributed by atoms with Gasteiger partial charge in [0, 0.05) is 19.1 Å². The van der Waals surface area contributed by atoms with E-state index in [1.54, 1.807) is 6.92 Å². The summed E-state index contributed by atoms with van der Waals surface area (Å²) in [6.45, 7) is 7.26. The largest absolute Gasteiger partial charge is 0.481 e. The third kappa shape index (κ3) is 5.94. The van der Waals surface area contributed by atoms with Gasteiger partial charge in [0.25, 0.3) is 0 Å². The topological polar surface area (TPSA) is 69.6 Å². The predicted molar refractivity (Wildman–Crippen MR) is 74.0 cm³/mol. The number of hydrogen-bond acceptors (Lipinski definition) is 2. The van der Waals surface area contributed by atoms with Crippen molar-refractivity contribution in [1.29, 1.82) is 0 Å². The molecule has 2 N–H and O–H groups in total. The summed E-state index contributed by atoms with van der Waals surface area (Å²) < 4.78 is 0. The molecule has 0 spiro atoms. The fourth-order valence-corrected chi connectivity index (χ4v) is 2.01. The molecule has 1 fully saturated rings. The van der Waals surface area contributed by atoms with Gasteiger partial charge in [-0.25, -0.2) is 4.79 Å². The van der Waals surface area contributed by atoms with Gasteiger partial charge in [0.15, 0.2) is 0 Å². The zero-order valence-corrected chi connectivity index (χ0v) is 12.2. The number of nitrogens with one attached hydrogen (secondary N) is 1. The maximum Gasteiger partial charge on any atom is 0.317 e. The van der Waals surface area contributed by atoms with Crippen LogP contribution in [0.3, 0.4) is 0 Å². The maximum atomic E-state index is 12.0. The Morgan fingerprint density at radius 3 is 2.42 bits per heavy atom. The molecule has 0 aromatic heterocycles. The van der Waals surface area contributed by atoms with E-state index in [1.807, 2.05) is 4.90 Å². The summed E-state index contributed by atoms with van der Waals surface area (Å²) in [5, 5.41) is 11.7. The lowest BCUT2D eigenvalue weighted by Gasteiger charge is -2.24. The van der Waals surface area contributed by atoms with Gasteiger partial charge in [-0.2, -0.15) is 0 Å². The highest BCUT2D eigenvalue weighted by atomic mass is 16.4. The summed E-state index contributed by atoms with van der Waals surface area (Å²) in [4.78, 5) is 24.6. The number of nitrogens with zero attached hydrogens (tertiary/aromatic N) is 1. The van der Waals surface area contributed by atoms with Gasteiger partial charge < -0.3 is 15.3 Å². The molecule has 0 aromatic carbocycles. The van der Waals surface area contributed by atoms with Crippen LogP contribution in [0.25, 0.3) is 0 Å². The first-order valence-corrected chi connectivity index (χ1v) is 7.19. The number of aliphatic carboxylic acids is 1. The van der Waals surface area contributed by atoms with Crippen molar-refractivity contribution in [2.45, 2.75) is 52.5 Å². The summed E-state index contributed by atoms with van der Waals surface area (Å²) in [6, 6.07) is 0.416. The van der Waals surface area contributed by atoms with Crippen LogP contribution in [0.15, 0.2) is 0 Å². The Labute approximate surface area is 115 Å². The highest BCUT2D eigenvalue weighted by Crippen LogP contribution is 2.27. The van der Waals surface area contributed by atoms with E-state index >= 15 is 0 Å². The number of hydrogen-bond donors (Lipinski definition) is 2. The minimum Gasteiger partial charge on any atom is -0.481 e. The lowest BCUT2D eigenvalue weighted by molar-refractivity contribution is -0.141. The van der Waals surface area contributed by atoms with Crippen LogP contribution in [0.1, 0.15) is 46.5 Å². The minimum absolute atomic E-state index is 0.000761. The van der Waals surface area contributed by atoms with E-state index in [-0.39, 0.29) is 11.9 Å². The Balaban J connectivity index is 2.23. The molecule has 0 heterocycles. The van der Waals surface area contributed by atoms with Crippen LogP contribution in [0.5, 0.6) is 0 Å². The van der Waals surface area contributed by atoms with Gasteiger partial charge >= 0.3 is 12.0 Å². The van der Waals surface area contributed by atoms with Crippen molar-refractivity contribution in [3.63, 3.8) is 0 Å². The molecule has 1 unspecified atom stereocenters. The van der Waals surface area contributed by atoms with E-state index in [4.69, 9.17) is 5.11 Å². The number of carbonyl (C=O) groups excluding carboxylic acids is 1. The van der Waals surface area contributed by atoms with Crippen molar-refractivity contribution in [2.75, 3.05) is 13.1 Å². The number of carboxylic acid groups (broad SMARTS) is 1. The van der Waals surface area contributed by atoms with Crippen molar-refractivity contribution < 1.29 is 14.7 Å². The summed E-state index contributed by atoms with van der Waals surface area (Å²) in [6.07, 6.45) is 3.52. The monoisotopic (exact) mass is 270 g/mol. The third-order valence-corrected chi connectivity index (χ3v) is 3.32. The molecule has 19 heavy (non-hydrogen) atoms. The van der Waals surface area contributed by atoms with Crippen molar-refractivity contribution in [3.8, 4) is 0 Å². The van der Waals surface area contributed by atoms with Crippen LogP contribution >= 0.6 is 0 Å². The predicted octanol–water partition coefficient (Wildman–Crippen LogP) is 2.32. The molecule has 0 radical (unpaired) electrons. The molecule has 5 heteroatoms. The summed E-state index contributed by atoms with van der Waals surface area (Å²) in [5.41, 5.74) is 0. The maximum absolute atomic E-state index is 12.0. The summed E-state index contributed by atoms with van der Waals surface area (Å²) in [7, 11) is 0. The molecule has 0 aliphatic heterocycles. The number of amides is 2. The van der Waals surface area contributed by atoms with Gasteiger partial charge in [-0.05, 0) is 31.6 Å². The molecule has 1 aliphatic rings. The Morgan fingerprint density at radius 2 is 1.95 bits per heavy atom. The van der Waals surface area contributed by atoms with E-state index in [1.165, 1.54) is 0 Å². The van der Waals surface area contributed by atoms with Gasteiger partial charge in [-0.3, -0.25) is 4.79 Å². The first-order valence-electron chi connectivity index (χ1n) is 7.19. The zero-order valence-electron chi connectivity index (χ0n) is 12.2. The van der Waals surface area contributed by atoms with Crippen LogP contribution < -0.4 is 5.32 Å². The molecule has 0 saturated heterocycles. The molecule has 2 amide bonds. The molecule has 1 atom stereocenters. The van der Waals surface area contributed by atoms with Crippen molar-refractivity contribution in [3.05, 3.63) is 0 Å². The second-order valence-electron chi connectivity index (χ2n) is 5.89. The van der Waals surface area contributed by atoms with Crippen molar-refractivity contribution >= 4 is 12.0 Å². The van der Waals surface area contributed by atoms with E-state index in [9.17, 15) is 9.59 Å². The number of carbonyl (C=O) groups is 2. The Hall–Kier alpha value is -1.26. The summed E-state index contributed by atoms with van der Waals surface area (Å²) in [5.74, 6) is -0.642. The average molecular weight is 270 g/mol. The van der Waals surface area contributed by atoms with E-state index in [0.717, 1.165) is 19.4 Å². The van der Waals surface area contributed by atoms with Gasteiger partial charge in [0.05, 0.1) is 5.92 Å². The third-order valence-electron chi connectivity index (χ3n) is 3.32. The van der Waals surface area contributed by atoms with Crippen LogP contribution in [-0.2, 0) is 4.79 Å². The molecular formula is C14H26N2O3. The van der Waals surface area contributed by atoms with Crippen LogP contribution in [0.2, 0.25) is 0 Å². The highest BCUT2D eigenvalue weighted by molar-refractivity contribution is 5.75. The second-order valence-corrected chi connectivity index (χ2v) is 5.89. The van der Waals surface area contributed by atoms with E-state index in [0.29, 0.717) is 31.3 Å². The SMILES string of the molecule is CC(C)CN(C(=O)NCCCC(C)C(=O)O)C1CC1. The molecule has 5 nitrogen and oxygen atoms in total. The Bertz CT molecular complexity index is 314. The van der Waals surface area contributed by atoms with Crippen LogP contribution in [0, 0.1) is 11.8 Å². The second kappa shape index (κ2) is 7.36. The normalized spacial score (nSPS) is 16.2. The molecule has 1 rings (SSSR count). The van der Waals surface area contributed by atoms with Gasteiger partial charge in [-0.15, -0.1) is 0 Å². The first kappa shape index (κ1) is 15.8. The van der Waals surface area contributed by atoms with Gasteiger partial charge in [-0.1, -0.05) is 20.8 Å². The zero-order chi connectivity index (χ0) is 14.4. The fourth-order valence-electron chi connectivity index (χ4n) is 2.01. The first-order chi connectivity index (χ1) is 8.91. The summed E-state index contributed by atoms with van der Waals surface area (Å²) >= 11 is 0. The smallest absolute Gasteiger partial charge is 0.317 e. The van der Waals surface area contributed by atoms with Crippen LogP contribution in [-0.4, -0.2) is 41.1 Å². The molecule has 110 valence electrons. The van der Waals surface area contributed by atoms with E-state index in [2.05, 4.69) is 19.2 Å². The molecule has 1 aliphatic carbocycles. The number of rotatable bonds is 8. The molecule has 1 saturated carbocycles. The van der Waals surface area contributed by atoms with Crippen LogP contribution in [0.4, 0.5) is 4.79 Å². The quantitative estimate of drug-likeness (QED) is 0.665. The lowest BCUT2D eigenvalue weighted by Crippen LogP contribution is -2.43. The lowest BCUT2D eigenvalue weighted by atomic mass is 10.1. The Kier molecular flexibility index (Phi) is 6.12. The van der Waals surface area contributed by atoms with Gasteiger partial charge in [0.2, 0.25) is 0 Å².